The summed E-state index contributed by atoms with van der Waals surface area (Å²) >= 11 is 5.86. The number of aromatic nitrogens is 2. The van der Waals surface area contributed by atoms with E-state index in [9.17, 15) is 0 Å². The summed E-state index contributed by atoms with van der Waals surface area (Å²) in [5.74, 6) is 0.614. The second-order valence-electron chi connectivity index (χ2n) is 2.89. The minimum atomic E-state index is -0.203. The van der Waals surface area contributed by atoms with Crippen LogP contribution >= 0.6 is 11.6 Å². The van der Waals surface area contributed by atoms with Crippen LogP contribution in [0.5, 0.6) is 0 Å². The van der Waals surface area contributed by atoms with Gasteiger partial charge in [0.25, 0.3) is 0 Å². The lowest BCUT2D eigenvalue weighted by molar-refractivity contribution is 0.197. The van der Waals surface area contributed by atoms with Gasteiger partial charge in [-0.2, -0.15) is 0 Å². The lowest BCUT2D eigenvalue weighted by Gasteiger charge is -2.03. The van der Waals surface area contributed by atoms with E-state index < -0.39 is 0 Å². The third-order valence-corrected chi connectivity index (χ3v) is 1.92. The van der Waals surface area contributed by atoms with Crippen molar-refractivity contribution >= 4 is 17.4 Å². The smallest absolute Gasteiger partial charge is 0.195 e. The Balaban J connectivity index is 2.38. The molecule has 0 fully saturated rings. The summed E-state index contributed by atoms with van der Waals surface area (Å²) in [7, 11) is 1.67. The predicted octanol–water partition coefficient (Wildman–Crippen LogP) is 1.82. The molecule has 6 heteroatoms. The van der Waals surface area contributed by atoms with Crippen LogP contribution in [0.2, 0.25) is 0 Å². The Morgan fingerprint density at radius 2 is 2.36 bits per heavy atom. The molecule has 0 saturated heterocycles. The molecule has 1 rings (SSSR count). The minimum absolute atomic E-state index is 0.203. The Kier molecular flexibility index (Phi) is 4.69. The fourth-order valence-corrected chi connectivity index (χ4v) is 1.15. The average molecular weight is 220 g/mol. The van der Waals surface area contributed by atoms with Crippen LogP contribution in [0.15, 0.2) is 4.63 Å². The Hall–Kier alpha value is -0.810. The molecule has 0 saturated carbocycles. The van der Waals surface area contributed by atoms with Gasteiger partial charge in [0, 0.05) is 20.3 Å². The van der Waals surface area contributed by atoms with E-state index in [1.165, 1.54) is 0 Å². The Bertz CT molecular complexity index is 265. The molecule has 5 nitrogen and oxygen atoms in total. The predicted molar refractivity (Wildman–Crippen MR) is 53.5 cm³/mol. The zero-order valence-electron chi connectivity index (χ0n) is 8.29. The van der Waals surface area contributed by atoms with Gasteiger partial charge in [-0.25, -0.2) is 4.63 Å². The van der Waals surface area contributed by atoms with Crippen LogP contribution in [-0.4, -0.2) is 30.6 Å². The molecule has 80 valence electrons. The van der Waals surface area contributed by atoms with Gasteiger partial charge in [-0.1, -0.05) is 5.16 Å². The SMILES string of the molecule is COCCCNc1nonc1C(C)Cl. The molecule has 0 aliphatic carbocycles. The quantitative estimate of drug-likeness (QED) is 0.584. The minimum Gasteiger partial charge on any atom is -0.385 e. The number of hydrogen-bond acceptors (Lipinski definition) is 5. The van der Waals surface area contributed by atoms with Gasteiger partial charge < -0.3 is 10.1 Å². The summed E-state index contributed by atoms with van der Waals surface area (Å²) in [6, 6.07) is 0. The molecule has 0 spiro atoms. The summed E-state index contributed by atoms with van der Waals surface area (Å²) in [5.41, 5.74) is 0.643. The summed E-state index contributed by atoms with van der Waals surface area (Å²) in [6.45, 7) is 3.30. The first kappa shape index (κ1) is 11.3. The van der Waals surface area contributed by atoms with Crippen molar-refractivity contribution in [2.24, 2.45) is 0 Å². The molecular weight excluding hydrogens is 206 g/mol. The van der Waals surface area contributed by atoms with Gasteiger partial charge in [-0.15, -0.1) is 11.6 Å². The Morgan fingerprint density at radius 1 is 1.57 bits per heavy atom. The van der Waals surface area contributed by atoms with Crippen LogP contribution in [0.1, 0.15) is 24.4 Å². The molecule has 0 aromatic carbocycles. The van der Waals surface area contributed by atoms with E-state index >= 15 is 0 Å². The molecule has 14 heavy (non-hydrogen) atoms. The number of alkyl halides is 1. The van der Waals surface area contributed by atoms with Crippen molar-refractivity contribution in [1.82, 2.24) is 10.3 Å². The summed E-state index contributed by atoms with van der Waals surface area (Å²) < 4.78 is 9.50. The maximum absolute atomic E-state index is 5.86. The Labute approximate surface area is 87.7 Å². The Morgan fingerprint density at radius 3 is 3.00 bits per heavy atom. The van der Waals surface area contributed by atoms with E-state index in [1.54, 1.807) is 7.11 Å². The number of nitrogens with one attached hydrogen (secondary N) is 1. The van der Waals surface area contributed by atoms with Crippen LogP contribution in [0, 0.1) is 0 Å². The van der Waals surface area contributed by atoms with E-state index in [-0.39, 0.29) is 5.38 Å². The van der Waals surface area contributed by atoms with E-state index in [4.69, 9.17) is 16.3 Å². The van der Waals surface area contributed by atoms with Gasteiger partial charge in [0.15, 0.2) is 5.82 Å². The lowest BCUT2D eigenvalue weighted by Crippen LogP contribution is -2.06. The maximum Gasteiger partial charge on any atom is 0.195 e. The van der Waals surface area contributed by atoms with Crippen LogP contribution < -0.4 is 5.32 Å². The fourth-order valence-electron chi connectivity index (χ4n) is 1.00. The lowest BCUT2D eigenvalue weighted by atomic mass is 10.3. The van der Waals surface area contributed by atoms with Crippen molar-refractivity contribution in [3.05, 3.63) is 5.69 Å². The first-order valence-electron chi connectivity index (χ1n) is 4.45. The summed E-state index contributed by atoms with van der Waals surface area (Å²) in [6.07, 6.45) is 0.902. The number of methoxy groups -OCH3 is 1. The second kappa shape index (κ2) is 5.82. The first-order chi connectivity index (χ1) is 6.75. The highest BCUT2D eigenvalue weighted by atomic mass is 35.5. The molecule has 0 aliphatic heterocycles. The summed E-state index contributed by atoms with van der Waals surface area (Å²) in [5, 5.41) is 10.3. The highest BCUT2D eigenvalue weighted by Crippen LogP contribution is 2.23. The monoisotopic (exact) mass is 219 g/mol. The molecular formula is C8H14ClN3O2. The number of nitrogens with zero attached hydrogens (tertiary/aromatic N) is 2. The van der Waals surface area contributed by atoms with Gasteiger partial charge in [0.1, 0.15) is 5.69 Å². The van der Waals surface area contributed by atoms with Gasteiger partial charge in [0.2, 0.25) is 0 Å². The molecule has 0 bridgehead atoms. The van der Waals surface area contributed by atoms with E-state index in [1.807, 2.05) is 6.92 Å². The largest absolute Gasteiger partial charge is 0.385 e. The van der Waals surface area contributed by atoms with Crippen LogP contribution in [-0.2, 0) is 4.74 Å². The number of anilines is 1. The van der Waals surface area contributed by atoms with Crippen molar-refractivity contribution in [1.29, 1.82) is 0 Å². The average Bonchev–Trinajstić information content (AvgIpc) is 2.60. The topological polar surface area (TPSA) is 60.2 Å². The van der Waals surface area contributed by atoms with Gasteiger partial charge in [-0.3, -0.25) is 0 Å². The summed E-state index contributed by atoms with van der Waals surface area (Å²) in [4.78, 5) is 0. The molecule has 1 unspecified atom stereocenters. The van der Waals surface area contributed by atoms with E-state index in [2.05, 4.69) is 20.3 Å². The van der Waals surface area contributed by atoms with Crippen molar-refractivity contribution in [3.8, 4) is 0 Å². The number of hydrogen-bond donors (Lipinski definition) is 1. The van der Waals surface area contributed by atoms with E-state index in [0.717, 1.165) is 13.0 Å². The standard InChI is InChI=1S/C8H14ClN3O2/c1-6(9)7-8(12-14-11-7)10-4-3-5-13-2/h6H,3-5H2,1-2H3,(H,10,12). The molecule has 1 atom stereocenters. The van der Waals surface area contributed by atoms with Crippen molar-refractivity contribution in [2.75, 3.05) is 25.6 Å². The molecule has 0 radical (unpaired) electrons. The third-order valence-electron chi connectivity index (χ3n) is 1.71. The van der Waals surface area contributed by atoms with Gasteiger partial charge >= 0.3 is 0 Å². The van der Waals surface area contributed by atoms with Crippen molar-refractivity contribution in [3.63, 3.8) is 0 Å². The fraction of sp³-hybridized carbons (Fsp3) is 0.750. The first-order valence-corrected chi connectivity index (χ1v) is 4.88. The van der Waals surface area contributed by atoms with Crippen molar-refractivity contribution in [2.45, 2.75) is 18.7 Å². The highest BCUT2D eigenvalue weighted by Gasteiger charge is 2.13. The van der Waals surface area contributed by atoms with Gasteiger partial charge in [-0.05, 0) is 18.5 Å². The van der Waals surface area contributed by atoms with Crippen molar-refractivity contribution < 1.29 is 9.37 Å². The molecule has 0 aliphatic rings. The van der Waals surface area contributed by atoms with Crippen LogP contribution in [0.25, 0.3) is 0 Å². The maximum atomic E-state index is 5.86. The third kappa shape index (κ3) is 3.16. The molecule has 1 N–H and O–H groups in total. The van der Waals surface area contributed by atoms with E-state index in [0.29, 0.717) is 18.1 Å². The molecule has 1 aromatic rings. The van der Waals surface area contributed by atoms with Crippen LogP contribution in [0.4, 0.5) is 5.82 Å². The molecule has 0 amide bonds. The number of ether oxygens (including phenoxy) is 1. The van der Waals surface area contributed by atoms with Crippen LogP contribution in [0.3, 0.4) is 0 Å². The molecule has 1 heterocycles. The second-order valence-corrected chi connectivity index (χ2v) is 3.54. The number of halogens is 1. The zero-order chi connectivity index (χ0) is 10.4. The molecule has 1 aromatic heterocycles. The zero-order valence-corrected chi connectivity index (χ0v) is 9.04. The number of rotatable bonds is 6. The van der Waals surface area contributed by atoms with Gasteiger partial charge in [0.05, 0.1) is 5.38 Å². The normalized spacial score (nSPS) is 12.8. The highest BCUT2D eigenvalue weighted by molar-refractivity contribution is 6.20.